The Morgan fingerprint density at radius 1 is 0.958 bits per heavy atom. The first kappa shape index (κ1) is 35.1. The molecule has 14 nitrogen and oxygen atoms in total. The van der Waals surface area contributed by atoms with Gasteiger partial charge in [0.15, 0.2) is 0 Å². The fraction of sp³-hybridized carbons (Fsp3) is 0.226. The van der Waals surface area contributed by atoms with Crippen molar-refractivity contribution in [1.29, 1.82) is 0 Å². The third-order valence-corrected chi connectivity index (χ3v) is 8.08. The molecule has 2 amide bonds. The van der Waals surface area contributed by atoms with Crippen LogP contribution in [0.15, 0.2) is 81.5 Å². The Labute approximate surface area is 272 Å². The van der Waals surface area contributed by atoms with Crippen molar-refractivity contribution in [2.45, 2.75) is 43.7 Å². The average Bonchev–Trinajstić information content (AvgIpc) is 3.00. The summed E-state index contributed by atoms with van der Waals surface area (Å²) >= 11 is 0. The van der Waals surface area contributed by atoms with Gasteiger partial charge in [-0.1, -0.05) is 0 Å². The number of halogens is 2. The first-order valence-electron chi connectivity index (χ1n) is 14.1. The number of carbonyl (C=O) groups excluding carboxylic acids is 2. The van der Waals surface area contributed by atoms with Crippen LogP contribution >= 0.6 is 0 Å². The normalized spacial score (nSPS) is 12.2. The number of carboxylic acid groups (broad SMARTS) is 1. The van der Waals surface area contributed by atoms with Crippen molar-refractivity contribution < 1.29 is 36.7 Å². The molecule has 0 aliphatic carbocycles. The molecule has 2 heterocycles. The van der Waals surface area contributed by atoms with Crippen LogP contribution in [0.2, 0.25) is 0 Å². The summed E-state index contributed by atoms with van der Waals surface area (Å²) in [5, 5.41) is 14.5. The van der Waals surface area contributed by atoms with Gasteiger partial charge in [-0.15, -0.1) is 0 Å². The topological polar surface area (TPSA) is 199 Å². The summed E-state index contributed by atoms with van der Waals surface area (Å²) in [6.45, 7) is 5.30. The van der Waals surface area contributed by atoms with Gasteiger partial charge in [-0.2, -0.15) is 0 Å². The smallest absolute Gasteiger partial charge is 0.335 e. The van der Waals surface area contributed by atoms with E-state index in [1.165, 1.54) is 48.1 Å². The van der Waals surface area contributed by atoms with Gasteiger partial charge in [0.25, 0.3) is 27.4 Å². The van der Waals surface area contributed by atoms with E-state index < -0.39 is 79.9 Å². The third kappa shape index (κ3) is 8.16. The first-order valence-corrected chi connectivity index (χ1v) is 15.6. The van der Waals surface area contributed by atoms with E-state index in [1.807, 2.05) is 4.72 Å². The lowest BCUT2D eigenvalue weighted by atomic mass is 10.1. The van der Waals surface area contributed by atoms with Crippen LogP contribution in [0.25, 0.3) is 5.69 Å². The standard InChI is InChI=1S/C31H30F2N6O8S/c1-31(2,3)36-27(41)17-5-9-20(10-6-17)48(46,47)37-24-15-22(32)21(14-23(24)33)28(42)35-25(29(43)44)13-18-7-8-19(16-34-18)39-26(40)11-12-38(4)30(39)45/h5-12,14-16,25,37H,13H2,1-4H3,(H,35,42)(H,36,41)(H,43,44)/t25-/m0/s1. The Balaban J connectivity index is 1.48. The van der Waals surface area contributed by atoms with Crippen LogP contribution in [0, 0.1) is 11.6 Å². The van der Waals surface area contributed by atoms with Crippen molar-refractivity contribution in [1.82, 2.24) is 24.8 Å². The Hall–Kier alpha value is -5.71. The fourth-order valence-corrected chi connectivity index (χ4v) is 5.38. The van der Waals surface area contributed by atoms with Crippen molar-refractivity contribution in [2.24, 2.45) is 7.05 Å². The van der Waals surface area contributed by atoms with Crippen LogP contribution in [0.3, 0.4) is 0 Å². The van der Waals surface area contributed by atoms with Gasteiger partial charge in [0.1, 0.15) is 17.7 Å². The highest BCUT2D eigenvalue weighted by Crippen LogP contribution is 2.23. The van der Waals surface area contributed by atoms with Gasteiger partial charge in [0, 0.05) is 48.6 Å². The molecule has 0 fully saturated rings. The van der Waals surface area contributed by atoms with Crippen LogP contribution in [-0.2, 0) is 28.3 Å². The number of hydrogen-bond donors (Lipinski definition) is 4. The van der Waals surface area contributed by atoms with E-state index in [4.69, 9.17) is 0 Å². The first-order chi connectivity index (χ1) is 22.4. The third-order valence-electron chi connectivity index (χ3n) is 6.70. The number of aliphatic carboxylic acids is 1. The number of aromatic nitrogens is 3. The molecular formula is C31H30F2N6O8S. The highest BCUT2D eigenvalue weighted by molar-refractivity contribution is 7.92. The Morgan fingerprint density at radius 3 is 2.21 bits per heavy atom. The van der Waals surface area contributed by atoms with Gasteiger partial charge in [-0.05, 0) is 63.2 Å². The minimum Gasteiger partial charge on any atom is -0.480 e. The van der Waals surface area contributed by atoms with Crippen LogP contribution in [0.1, 0.15) is 47.2 Å². The zero-order chi connectivity index (χ0) is 35.6. The Kier molecular flexibility index (Phi) is 9.93. The predicted molar refractivity (Wildman–Crippen MR) is 168 cm³/mol. The zero-order valence-electron chi connectivity index (χ0n) is 25.9. The minimum absolute atomic E-state index is 0.106. The highest BCUT2D eigenvalue weighted by atomic mass is 32.2. The number of hydrogen-bond acceptors (Lipinski definition) is 8. The number of benzene rings is 2. The number of carboxylic acids is 1. The van der Waals surface area contributed by atoms with Gasteiger partial charge >= 0.3 is 11.7 Å². The second-order valence-electron chi connectivity index (χ2n) is 11.6. The molecule has 0 radical (unpaired) electrons. The summed E-state index contributed by atoms with van der Waals surface area (Å²) in [5.74, 6) is -5.99. The van der Waals surface area contributed by atoms with Crippen molar-refractivity contribution in [2.75, 3.05) is 4.72 Å². The summed E-state index contributed by atoms with van der Waals surface area (Å²) in [5.41, 5.74) is -3.14. The summed E-state index contributed by atoms with van der Waals surface area (Å²) in [4.78, 5) is 65.2. The molecule has 0 spiro atoms. The molecule has 0 bridgehead atoms. The fourth-order valence-electron chi connectivity index (χ4n) is 4.32. The summed E-state index contributed by atoms with van der Waals surface area (Å²) in [7, 11) is -3.02. The molecule has 0 saturated carbocycles. The molecule has 4 aromatic rings. The number of nitrogens with one attached hydrogen (secondary N) is 3. The molecule has 0 aliphatic rings. The van der Waals surface area contributed by atoms with E-state index in [-0.39, 0.29) is 21.8 Å². The number of carbonyl (C=O) groups is 3. The van der Waals surface area contributed by atoms with Gasteiger partial charge in [0.2, 0.25) is 0 Å². The predicted octanol–water partition coefficient (Wildman–Crippen LogP) is 1.96. The van der Waals surface area contributed by atoms with Crippen LogP contribution in [0.5, 0.6) is 0 Å². The SMILES string of the molecule is Cn1ccc(=O)n(-c2ccc(C[C@H](NC(=O)c3cc(F)c(NS(=O)(=O)c4ccc(C(=O)NC(C)(C)C)cc4)cc3F)C(=O)O)nc2)c1=O. The lowest BCUT2D eigenvalue weighted by Crippen LogP contribution is -2.42. The molecule has 252 valence electrons. The van der Waals surface area contributed by atoms with E-state index in [9.17, 15) is 46.3 Å². The van der Waals surface area contributed by atoms with Crippen LogP contribution in [0.4, 0.5) is 14.5 Å². The molecule has 2 aromatic heterocycles. The number of amides is 2. The second-order valence-corrected chi connectivity index (χ2v) is 13.3. The number of sulfonamides is 1. The van der Waals surface area contributed by atoms with E-state index in [0.717, 1.165) is 22.9 Å². The number of nitrogens with zero attached hydrogens (tertiary/aromatic N) is 3. The van der Waals surface area contributed by atoms with Gasteiger partial charge in [-0.3, -0.25) is 24.1 Å². The average molecular weight is 685 g/mol. The van der Waals surface area contributed by atoms with E-state index in [2.05, 4.69) is 15.6 Å². The molecule has 2 aromatic carbocycles. The Morgan fingerprint density at radius 2 is 1.62 bits per heavy atom. The highest BCUT2D eigenvalue weighted by Gasteiger charge is 2.26. The maximum Gasteiger partial charge on any atom is 0.335 e. The van der Waals surface area contributed by atoms with E-state index in [1.54, 1.807) is 20.8 Å². The molecule has 4 N–H and O–H groups in total. The lowest BCUT2D eigenvalue weighted by molar-refractivity contribution is -0.139. The second kappa shape index (κ2) is 13.6. The van der Waals surface area contributed by atoms with Crippen molar-refractivity contribution in [3.8, 4) is 5.69 Å². The van der Waals surface area contributed by atoms with Crippen LogP contribution in [-0.4, -0.2) is 57.0 Å². The van der Waals surface area contributed by atoms with Gasteiger partial charge < -0.3 is 20.3 Å². The molecule has 0 aliphatic heterocycles. The largest absolute Gasteiger partial charge is 0.480 e. The lowest BCUT2D eigenvalue weighted by Gasteiger charge is -2.20. The molecule has 48 heavy (non-hydrogen) atoms. The van der Waals surface area contributed by atoms with Crippen molar-refractivity contribution >= 4 is 33.5 Å². The maximum atomic E-state index is 15.0. The Bertz CT molecular complexity index is 2120. The van der Waals surface area contributed by atoms with Crippen LogP contribution < -0.4 is 26.6 Å². The molecule has 0 unspecified atom stereocenters. The summed E-state index contributed by atoms with van der Waals surface area (Å²) < 4.78 is 59.6. The number of pyridine rings is 1. The zero-order valence-corrected chi connectivity index (χ0v) is 26.8. The van der Waals surface area contributed by atoms with E-state index in [0.29, 0.717) is 12.1 Å². The number of rotatable bonds is 10. The quantitative estimate of drug-likeness (QED) is 0.193. The number of aryl methyl sites for hydroxylation is 1. The molecule has 17 heteroatoms. The molecule has 4 rings (SSSR count). The monoisotopic (exact) mass is 684 g/mol. The van der Waals surface area contributed by atoms with Gasteiger partial charge in [0.05, 0.1) is 28.0 Å². The van der Waals surface area contributed by atoms with E-state index >= 15 is 0 Å². The minimum atomic E-state index is -4.47. The maximum absolute atomic E-state index is 15.0. The summed E-state index contributed by atoms with van der Waals surface area (Å²) in [6.07, 6.45) is 2.04. The van der Waals surface area contributed by atoms with Gasteiger partial charge in [-0.25, -0.2) is 31.4 Å². The van der Waals surface area contributed by atoms with Crippen molar-refractivity contribution in [3.05, 3.63) is 116 Å². The number of anilines is 1. The van der Waals surface area contributed by atoms with Crippen molar-refractivity contribution in [3.63, 3.8) is 0 Å². The molecule has 0 saturated heterocycles. The molecular weight excluding hydrogens is 654 g/mol. The summed E-state index contributed by atoms with van der Waals surface area (Å²) in [6, 6.07) is 7.71. The molecule has 1 atom stereocenters.